The molecule has 3 heteroatoms. The Morgan fingerprint density at radius 3 is 2.36 bits per heavy atom. The first-order valence-electron chi connectivity index (χ1n) is 3.23. The molecule has 0 aromatic heterocycles. The fraction of sp³-hybridized carbons (Fsp3) is 0.125. The molecular weight excluding hydrogens is 142 g/mol. The average Bonchev–Trinajstić information content (AvgIpc) is 2.05. The largest absolute Gasteiger partial charge is 0.295 e. The predicted molar refractivity (Wildman–Crippen MR) is 41.3 cm³/mol. The van der Waals surface area contributed by atoms with Crippen LogP contribution in [-0.2, 0) is 0 Å². The van der Waals surface area contributed by atoms with Gasteiger partial charge in [-0.1, -0.05) is 0 Å². The molecule has 11 heavy (non-hydrogen) atoms. The minimum Gasteiger partial charge on any atom is -0.295 e. The number of ketones is 1. The van der Waals surface area contributed by atoms with E-state index in [1.54, 1.807) is 0 Å². The van der Waals surface area contributed by atoms with E-state index in [1.807, 2.05) is 0 Å². The van der Waals surface area contributed by atoms with Crippen LogP contribution >= 0.6 is 0 Å². The molecular formula is C8H6BFO. The monoisotopic (exact) mass is 148 g/mol. The second-order valence-electron chi connectivity index (χ2n) is 2.13. The number of carbonyl (C=O) groups is 1. The SMILES string of the molecule is [B]CC(=O)c1ccc(F)cc1. The number of carbonyl (C=O) groups excluding carboxylic acids is 1. The van der Waals surface area contributed by atoms with Crippen LogP contribution in [0.1, 0.15) is 10.4 Å². The molecule has 0 saturated heterocycles. The lowest BCUT2D eigenvalue weighted by Crippen LogP contribution is -1.96. The molecule has 0 aliphatic heterocycles. The summed E-state index contributed by atoms with van der Waals surface area (Å²) in [7, 11) is 5.10. The summed E-state index contributed by atoms with van der Waals surface area (Å²) in [6.07, 6.45) is -0.0361. The molecule has 0 amide bonds. The van der Waals surface area contributed by atoms with Gasteiger partial charge in [-0.3, -0.25) is 4.79 Å². The van der Waals surface area contributed by atoms with Crippen molar-refractivity contribution in [3.63, 3.8) is 0 Å². The van der Waals surface area contributed by atoms with Crippen LogP contribution in [0.25, 0.3) is 0 Å². The molecule has 1 aromatic carbocycles. The minimum absolute atomic E-state index is 0.0361. The maximum Gasteiger partial charge on any atom is 0.154 e. The fourth-order valence-electron chi connectivity index (χ4n) is 0.754. The normalized spacial score (nSPS) is 9.55. The molecule has 1 aromatic rings. The molecule has 0 heterocycles. The molecule has 1 nitrogen and oxygen atoms in total. The van der Waals surface area contributed by atoms with Gasteiger partial charge in [-0.2, -0.15) is 0 Å². The first kappa shape index (κ1) is 7.99. The van der Waals surface area contributed by atoms with Gasteiger partial charge < -0.3 is 0 Å². The van der Waals surface area contributed by atoms with Crippen LogP contribution in [0.4, 0.5) is 4.39 Å². The first-order valence-corrected chi connectivity index (χ1v) is 3.23. The highest BCUT2D eigenvalue weighted by Crippen LogP contribution is 2.04. The Bertz CT molecular complexity index is 255. The van der Waals surface area contributed by atoms with Crippen LogP contribution in [-0.4, -0.2) is 13.6 Å². The number of benzene rings is 1. The average molecular weight is 148 g/mol. The summed E-state index contributed by atoms with van der Waals surface area (Å²) in [6, 6.07) is 5.32. The Labute approximate surface area is 65.6 Å². The molecule has 0 spiro atoms. The number of Topliss-reactive ketones (excluding diaryl/α,β-unsaturated/α-hetero) is 1. The van der Waals surface area contributed by atoms with Crippen molar-refractivity contribution in [2.45, 2.75) is 6.32 Å². The zero-order chi connectivity index (χ0) is 8.27. The summed E-state index contributed by atoms with van der Waals surface area (Å²) >= 11 is 0. The number of halogens is 1. The van der Waals surface area contributed by atoms with Gasteiger partial charge in [0, 0.05) is 5.56 Å². The van der Waals surface area contributed by atoms with Gasteiger partial charge in [0.1, 0.15) is 5.82 Å². The number of hydrogen-bond donors (Lipinski definition) is 0. The van der Waals surface area contributed by atoms with Crippen LogP contribution in [0.2, 0.25) is 6.32 Å². The quantitative estimate of drug-likeness (QED) is 0.459. The Balaban J connectivity index is 2.90. The Morgan fingerprint density at radius 1 is 1.36 bits per heavy atom. The maximum absolute atomic E-state index is 12.3. The van der Waals surface area contributed by atoms with Crippen LogP contribution < -0.4 is 0 Å². The highest BCUT2D eigenvalue weighted by Gasteiger charge is 2.00. The van der Waals surface area contributed by atoms with Gasteiger partial charge in [0.2, 0.25) is 0 Å². The summed E-state index contributed by atoms with van der Waals surface area (Å²) in [6.45, 7) is 0. The van der Waals surface area contributed by atoms with Crippen molar-refractivity contribution in [2.75, 3.05) is 0 Å². The maximum atomic E-state index is 12.3. The number of rotatable bonds is 2. The van der Waals surface area contributed by atoms with E-state index < -0.39 is 0 Å². The topological polar surface area (TPSA) is 17.1 Å². The lowest BCUT2D eigenvalue weighted by molar-refractivity contribution is 0.101. The summed E-state index contributed by atoms with van der Waals surface area (Å²) < 4.78 is 12.3. The molecule has 0 aliphatic rings. The molecule has 0 aliphatic carbocycles. The lowest BCUT2D eigenvalue weighted by Gasteiger charge is -1.95. The zero-order valence-corrected chi connectivity index (χ0v) is 5.88. The van der Waals surface area contributed by atoms with E-state index in [0.29, 0.717) is 5.56 Å². The van der Waals surface area contributed by atoms with Gasteiger partial charge >= 0.3 is 0 Å². The van der Waals surface area contributed by atoms with E-state index >= 15 is 0 Å². The third-order valence-electron chi connectivity index (χ3n) is 1.35. The van der Waals surface area contributed by atoms with Crippen LogP contribution in [0.15, 0.2) is 24.3 Å². The van der Waals surface area contributed by atoms with E-state index in [0.717, 1.165) is 0 Å². The van der Waals surface area contributed by atoms with Crippen LogP contribution in [0, 0.1) is 5.82 Å². The van der Waals surface area contributed by atoms with Gasteiger partial charge in [-0.05, 0) is 30.6 Å². The van der Waals surface area contributed by atoms with Gasteiger partial charge in [-0.25, -0.2) is 4.39 Å². The van der Waals surface area contributed by atoms with E-state index in [9.17, 15) is 9.18 Å². The van der Waals surface area contributed by atoms with Crippen LogP contribution in [0.5, 0.6) is 0 Å². The van der Waals surface area contributed by atoms with E-state index in [-0.39, 0.29) is 17.9 Å². The summed E-state index contributed by atoms with van der Waals surface area (Å²) in [4.78, 5) is 10.9. The van der Waals surface area contributed by atoms with E-state index in [4.69, 9.17) is 7.85 Å². The second kappa shape index (κ2) is 3.33. The smallest absolute Gasteiger partial charge is 0.154 e. The highest BCUT2D eigenvalue weighted by molar-refractivity contribution is 6.23. The van der Waals surface area contributed by atoms with Gasteiger partial charge in [0.15, 0.2) is 5.78 Å². The molecule has 1 rings (SSSR count). The van der Waals surface area contributed by atoms with Crippen LogP contribution in [0.3, 0.4) is 0 Å². The van der Waals surface area contributed by atoms with Crippen molar-refractivity contribution < 1.29 is 9.18 Å². The fourth-order valence-corrected chi connectivity index (χ4v) is 0.754. The second-order valence-corrected chi connectivity index (χ2v) is 2.13. The van der Waals surface area contributed by atoms with Crippen molar-refractivity contribution in [3.05, 3.63) is 35.6 Å². The standard InChI is InChI=1S/C8H6BFO/c9-5-8(11)6-1-3-7(10)4-2-6/h1-4H,5H2. The molecule has 2 radical (unpaired) electrons. The Hall–Kier alpha value is -1.12. The molecule has 0 N–H and O–H groups in total. The molecule has 0 atom stereocenters. The number of hydrogen-bond acceptors (Lipinski definition) is 1. The minimum atomic E-state index is -0.349. The van der Waals surface area contributed by atoms with Crippen molar-refractivity contribution in [1.82, 2.24) is 0 Å². The molecule has 0 bridgehead atoms. The van der Waals surface area contributed by atoms with E-state index in [1.165, 1.54) is 24.3 Å². The third kappa shape index (κ3) is 1.90. The summed E-state index contributed by atoms with van der Waals surface area (Å²) in [5.41, 5.74) is 0.453. The van der Waals surface area contributed by atoms with Gasteiger partial charge in [0.05, 0.1) is 7.85 Å². The summed E-state index contributed by atoms with van der Waals surface area (Å²) in [5.74, 6) is -0.524. The molecule has 54 valence electrons. The third-order valence-corrected chi connectivity index (χ3v) is 1.35. The van der Waals surface area contributed by atoms with Crippen molar-refractivity contribution in [2.24, 2.45) is 0 Å². The van der Waals surface area contributed by atoms with Gasteiger partial charge in [-0.15, -0.1) is 0 Å². The molecule has 0 fully saturated rings. The Morgan fingerprint density at radius 2 is 1.91 bits per heavy atom. The molecule has 0 unspecified atom stereocenters. The highest BCUT2D eigenvalue weighted by atomic mass is 19.1. The zero-order valence-electron chi connectivity index (χ0n) is 5.88. The predicted octanol–water partition coefficient (Wildman–Crippen LogP) is 1.60. The van der Waals surface area contributed by atoms with Crippen molar-refractivity contribution >= 4 is 13.6 Å². The summed E-state index contributed by atoms with van der Waals surface area (Å²) in [5, 5.41) is 0. The molecule has 0 saturated carbocycles. The van der Waals surface area contributed by atoms with E-state index in [2.05, 4.69) is 0 Å². The Kier molecular flexibility index (Phi) is 2.42. The lowest BCUT2D eigenvalue weighted by atomic mass is 9.96. The van der Waals surface area contributed by atoms with Crippen molar-refractivity contribution in [1.29, 1.82) is 0 Å². The first-order chi connectivity index (χ1) is 5.24. The van der Waals surface area contributed by atoms with Crippen molar-refractivity contribution in [3.8, 4) is 0 Å². The van der Waals surface area contributed by atoms with Gasteiger partial charge in [0.25, 0.3) is 0 Å².